The van der Waals surface area contributed by atoms with Crippen LogP contribution in [0, 0.1) is 11.3 Å². The lowest BCUT2D eigenvalue weighted by Gasteiger charge is -2.39. The first-order valence-corrected chi connectivity index (χ1v) is 7.32. The molecule has 2 unspecified atom stereocenters. The van der Waals surface area contributed by atoms with E-state index in [-0.39, 0.29) is 11.9 Å². The van der Waals surface area contributed by atoms with Crippen molar-refractivity contribution < 1.29 is 14.7 Å². The van der Waals surface area contributed by atoms with Gasteiger partial charge in [-0.2, -0.15) is 0 Å². The van der Waals surface area contributed by atoms with Crippen LogP contribution in [-0.2, 0) is 9.59 Å². The van der Waals surface area contributed by atoms with E-state index in [1.165, 1.54) is 0 Å². The highest BCUT2D eigenvalue weighted by molar-refractivity contribution is 5.98. The number of amides is 1. The van der Waals surface area contributed by atoms with E-state index < -0.39 is 17.3 Å². The average molecular weight is 269 g/mol. The van der Waals surface area contributed by atoms with Gasteiger partial charge in [-0.25, -0.2) is 0 Å². The number of carbonyl (C=O) groups is 2. The van der Waals surface area contributed by atoms with Crippen molar-refractivity contribution in [2.45, 2.75) is 65.8 Å². The third-order valence-corrected chi connectivity index (χ3v) is 3.89. The molecule has 0 aliphatic carbocycles. The van der Waals surface area contributed by atoms with Crippen molar-refractivity contribution in [1.29, 1.82) is 0 Å². The number of carboxylic acids is 1. The molecule has 0 aromatic rings. The van der Waals surface area contributed by atoms with Crippen LogP contribution in [-0.4, -0.2) is 34.5 Å². The van der Waals surface area contributed by atoms with Gasteiger partial charge in [0.25, 0.3) is 0 Å². The minimum atomic E-state index is -1.00. The van der Waals surface area contributed by atoms with Gasteiger partial charge < -0.3 is 10.0 Å². The van der Waals surface area contributed by atoms with Crippen LogP contribution in [0.15, 0.2) is 0 Å². The molecule has 1 aliphatic rings. The molecule has 1 N–H and O–H groups in total. The molecule has 0 radical (unpaired) electrons. The summed E-state index contributed by atoms with van der Waals surface area (Å²) in [5, 5.41) is 9.38. The molecule has 1 fully saturated rings. The minimum Gasteiger partial charge on any atom is -0.481 e. The van der Waals surface area contributed by atoms with Crippen molar-refractivity contribution in [3.63, 3.8) is 0 Å². The van der Waals surface area contributed by atoms with Gasteiger partial charge in [-0.05, 0) is 31.1 Å². The van der Waals surface area contributed by atoms with Crippen LogP contribution in [0.5, 0.6) is 0 Å². The van der Waals surface area contributed by atoms with E-state index in [1.807, 2.05) is 25.7 Å². The molecular weight excluding hydrogens is 242 g/mol. The summed E-state index contributed by atoms with van der Waals surface area (Å²) in [4.78, 5) is 25.9. The van der Waals surface area contributed by atoms with E-state index in [2.05, 4.69) is 6.92 Å². The van der Waals surface area contributed by atoms with E-state index >= 15 is 0 Å². The lowest BCUT2D eigenvalue weighted by atomic mass is 9.79. The molecule has 4 nitrogen and oxygen atoms in total. The smallest absolute Gasteiger partial charge is 0.316 e. The van der Waals surface area contributed by atoms with Gasteiger partial charge >= 0.3 is 5.97 Å². The number of aliphatic carboxylic acids is 1. The molecule has 1 heterocycles. The summed E-state index contributed by atoms with van der Waals surface area (Å²) < 4.78 is 0. The van der Waals surface area contributed by atoms with Crippen LogP contribution in [0.25, 0.3) is 0 Å². The molecule has 0 saturated carbocycles. The standard InChI is InChI=1S/C15H27NO3/c1-5-8-11-9-6-7-10-16(11)13(17)12(14(18)19)15(2,3)4/h11-12H,5-10H2,1-4H3,(H,18,19). The molecule has 2 atom stereocenters. The third kappa shape index (κ3) is 3.95. The topological polar surface area (TPSA) is 57.6 Å². The van der Waals surface area contributed by atoms with Crippen molar-refractivity contribution in [1.82, 2.24) is 4.90 Å². The van der Waals surface area contributed by atoms with Gasteiger partial charge in [0, 0.05) is 12.6 Å². The van der Waals surface area contributed by atoms with E-state index in [1.54, 1.807) is 0 Å². The Morgan fingerprint density at radius 2 is 1.95 bits per heavy atom. The van der Waals surface area contributed by atoms with Crippen molar-refractivity contribution in [2.75, 3.05) is 6.54 Å². The second-order valence-corrected chi connectivity index (χ2v) is 6.61. The van der Waals surface area contributed by atoms with Crippen LogP contribution in [0.1, 0.15) is 59.8 Å². The van der Waals surface area contributed by atoms with Crippen LogP contribution >= 0.6 is 0 Å². The molecular formula is C15H27NO3. The van der Waals surface area contributed by atoms with Gasteiger partial charge in [-0.3, -0.25) is 9.59 Å². The normalized spacial score (nSPS) is 22.1. The first-order valence-electron chi connectivity index (χ1n) is 7.32. The number of carboxylic acid groups (broad SMARTS) is 1. The summed E-state index contributed by atoms with van der Waals surface area (Å²) >= 11 is 0. The molecule has 1 rings (SSSR count). The van der Waals surface area contributed by atoms with Gasteiger partial charge in [0.15, 0.2) is 0 Å². The predicted octanol–water partition coefficient (Wildman–Crippen LogP) is 2.91. The molecule has 0 aromatic heterocycles. The monoisotopic (exact) mass is 269 g/mol. The van der Waals surface area contributed by atoms with Crippen LogP contribution in [0.4, 0.5) is 0 Å². The molecule has 0 spiro atoms. The van der Waals surface area contributed by atoms with E-state index in [0.717, 1.165) is 32.1 Å². The summed E-state index contributed by atoms with van der Waals surface area (Å²) in [6.45, 7) is 8.28. The Kier molecular flexibility index (Phi) is 5.39. The summed E-state index contributed by atoms with van der Waals surface area (Å²) in [6, 6.07) is 0.232. The zero-order valence-electron chi connectivity index (χ0n) is 12.6. The van der Waals surface area contributed by atoms with Crippen LogP contribution in [0.2, 0.25) is 0 Å². The molecule has 0 aromatic carbocycles. The zero-order valence-corrected chi connectivity index (χ0v) is 12.6. The van der Waals surface area contributed by atoms with E-state index in [0.29, 0.717) is 6.54 Å². The van der Waals surface area contributed by atoms with Gasteiger partial charge in [-0.1, -0.05) is 34.1 Å². The summed E-state index contributed by atoms with van der Waals surface area (Å²) in [5.41, 5.74) is -0.545. The number of hydrogen-bond acceptors (Lipinski definition) is 2. The number of carbonyl (C=O) groups excluding carboxylic acids is 1. The molecule has 19 heavy (non-hydrogen) atoms. The third-order valence-electron chi connectivity index (χ3n) is 3.89. The maximum absolute atomic E-state index is 12.6. The summed E-state index contributed by atoms with van der Waals surface area (Å²) in [5.74, 6) is -2.14. The second-order valence-electron chi connectivity index (χ2n) is 6.61. The number of likely N-dealkylation sites (tertiary alicyclic amines) is 1. The number of nitrogens with zero attached hydrogens (tertiary/aromatic N) is 1. The fourth-order valence-corrected chi connectivity index (χ4v) is 2.94. The van der Waals surface area contributed by atoms with Gasteiger partial charge in [-0.15, -0.1) is 0 Å². The molecule has 0 bridgehead atoms. The number of piperidine rings is 1. The zero-order chi connectivity index (χ0) is 14.6. The van der Waals surface area contributed by atoms with Crippen molar-refractivity contribution in [3.8, 4) is 0 Å². The maximum atomic E-state index is 12.6. The van der Waals surface area contributed by atoms with Crippen LogP contribution < -0.4 is 0 Å². The van der Waals surface area contributed by atoms with Gasteiger partial charge in [0.2, 0.25) is 5.91 Å². The number of hydrogen-bond donors (Lipinski definition) is 1. The van der Waals surface area contributed by atoms with Crippen molar-refractivity contribution in [3.05, 3.63) is 0 Å². The Morgan fingerprint density at radius 3 is 2.42 bits per heavy atom. The van der Waals surface area contributed by atoms with Gasteiger partial charge in [0.1, 0.15) is 5.92 Å². The highest BCUT2D eigenvalue weighted by atomic mass is 16.4. The quantitative estimate of drug-likeness (QED) is 0.798. The average Bonchev–Trinajstić information content (AvgIpc) is 2.27. The van der Waals surface area contributed by atoms with Crippen molar-refractivity contribution in [2.24, 2.45) is 11.3 Å². The predicted molar refractivity (Wildman–Crippen MR) is 74.8 cm³/mol. The first-order chi connectivity index (χ1) is 8.79. The molecule has 1 amide bonds. The fraction of sp³-hybridized carbons (Fsp3) is 0.867. The van der Waals surface area contributed by atoms with Crippen molar-refractivity contribution >= 4 is 11.9 Å². The highest BCUT2D eigenvalue weighted by Gasteiger charge is 2.42. The lowest BCUT2D eigenvalue weighted by Crippen LogP contribution is -2.51. The van der Waals surface area contributed by atoms with Crippen LogP contribution in [0.3, 0.4) is 0 Å². The second kappa shape index (κ2) is 6.40. The Hall–Kier alpha value is -1.06. The minimum absolute atomic E-state index is 0.196. The van der Waals surface area contributed by atoms with E-state index in [4.69, 9.17) is 0 Å². The maximum Gasteiger partial charge on any atom is 0.316 e. The lowest BCUT2D eigenvalue weighted by molar-refractivity contribution is -0.158. The van der Waals surface area contributed by atoms with E-state index in [9.17, 15) is 14.7 Å². The van der Waals surface area contributed by atoms with Gasteiger partial charge in [0.05, 0.1) is 0 Å². The molecule has 4 heteroatoms. The molecule has 1 saturated heterocycles. The fourth-order valence-electron chi connectivity index (χ4n) is 2.94. The largest absolute Gasteiger partial charge is 0.481 e. The Morgan fingerprint density at radius 1 is 1.32 bits per heavy atom. The SMILES string of the molecule is CCCC1CCCCN1C(=O)C(C(=O)O)C(C)(C)C. The highest BCUT2D eigenvalue weighted by Crippen LogP contribution is 2.31. The molecule has 1 aliphatic heterocycles. The summed E-state index contributed by atoms with van der Waals surface area (Å²) in [6.07, 6.45) is 5.14. The first kappa shape index (κ1) is 16.0. The Labute approximate surface area is 116 Å². The Balaban J connectivity index is 2.91. The summed E-state index contributed by atoms with van der Waals surface area (Å²) in [7, 11) is 0. The molecule has 110 valence electrons. The Bertz CT molecular complexity index is 331. The number of rotatable bonds is 4.